The van der Waals surface area contributed by atoms with Gasteiger partial charge in [-0.3, -0.25) is 0 Å². The van der Waals surface area contributed by atoms with Crippen LogP contribution < -0.4 is 10.5 Å². The van der Waals surface area contributed by atoms with E-state index in [0.29, 0.717) is 6.61 Å². The predicted molar refractivity (Wildman–Crippen MR) is 93.4 cm³/mol. The van der Waals surface area contributed by atoms with Crippen LogP contribution in [0.25, 0.3) is 10.8 Å². The molecule has 0 amide bonds. The Morgan fingerprint density at radius 3 is 2.52 bits per heavy atom. The molecule has 0 aromatic heterocycles. The molecule has 2 nitrogen and oxygen atoms in total. The second-order valence-corrected chi connectivity index (χ2v) is 5.23. The summed E-state index contributed by atoms with van der Waals surface area (Å²) in [5, 5.41) is 2.46. The van der Waals surface area contributed by atoms with E-state index in [1.54, 1.807) is 0 Å². The summed E-state index contributed by atoms with van der Waals surface area (Å²) in [5.74, 6) is 0.940. The summed E-state index contributed by atoms with van der Waals surface area (Å²) in [4.78, 5) is 0. The van der Waals surface area contributed by atoms with Gasteiger partial charge in [-0.15, -0.1) is 12.4 Å². The van der Waals surface area contributed by atoms with Crippen LogP contribution in [0, 0.1) is 0 Å². The fourth-order valence-corrected chi connectivity index (χ4v) is 2.70. The van der Waals surface area contributed by atoms with Crippen LogP contribution >= 0.6 is 12.4 Å². The van der Waals surface area contributed by atoms with Gasteiger partial charge in [0.1, 0.15) is 5.75 Å². The molecule has 0 aliphatic rings. The molecule has 0 spiro atoms. The van der Waals surface area contributed by atoms with Crippen molar-refractivity contribution in [2.75, 3.05) is 6.61 Å². The Labute approximate surface area is 134 Å². The molecule has 0 bridgehead atoms. The smallest absolute Gasteiger partial charge is 0.124 e. The monoisotopic (exact) mass is 307 g/mol. The number of nitrogens with two attached hydrogens (primary N) is 1. The third-order valence-corrected chi connectivity index (χ3v) is 3.72. The zero-order valence-electron chi connectivity index (χ0n) is 13.0. The molecule has 0 heterocycles. The summed E-state index contributed by atoms with van der Waals surface area (Å²) in [7, 11) is 0. The van der Waals surface area contributed by atoms with Gasteiger partial charge in [0.05, 0.1) is 6.61 Å². The van der Waals surface area contributed by atoms with Crippen molar-refractivity contribution in [1.29, 1.82) is 0 Å². The lowest BCUT2D eigenvalue weighted by atomic mass is 9.94. The summed E-state index contributed by atoms with van der Waals surface area (Å²) in [6, 6.07) is 12.6. The van der Waals surface area contributed by atoms with E-state index in [4.69, 9.17) is 10.5 Å². The first-order chi connectivity index (χ1) is 9.77. The molecule has 0 saturated heterocycles. The Balaban J connectivity index is 0.00000220. The molecule has 2 aromatic carbocycles. The van der Waals surface area contributed by atoms with Crippen LogP contribution in [0.5, 0.6) is 5.75 Å². The molecule has 0 saturated carbocycles. The maximum Gasteiger partial charge on any atom is 0.124 e. The first-order valence-corrected chi connectivity index (χ1v) is 7.68. The summed E-state index contributed by atoms with van der Waals surface area (Å²) in [6.45, 7) is 4.91. The van der Waals surface area contributed by atoms with Crippen LogP contribution in [0.3, 0.4) is 0 Å². The van der Waals surface area contributed by atoms with Gasteiger partial charge in [0.25, 0.3) is 0 Å². The van der Waals surface area contributed by atoms with Gasteiger partial charge in [-0.05, 0) is 30.2 Å². The Morgan fingerprint density at radius 1 is 1.05 bits per heavy atom. The number of rotatable bonds is 7. The summed E-state index contributed by atoms with van der Waals surface area (Å²) in [5.41, 5.74) is 7.62. The Hall–Kier alpha value is -1.25. The minimum absolute atomic E-state index is 0. The SMILES string of the molecule is CCCCC[C@H](N)c1c(OCC)ccc2ccccc12.Cl. The molecular formula is C18H26ClNO. The summed E-state index contributed by atoms with van der Waals surface area (Å²) < 4.78 is 5.79. The van der Waals surface area contributed by atoms with E-state index in [-0.39, 0.29) is 18.4 Å². The lowest BCUT2D eigenvalue weighted by molar-refractivity contribution is 0.334. The van der Waals surface area contributed by atoms with Crippen LogP contribution in [0.15, 0.2) is 36.4 Å². The van der Waals surface area contributed by atoms with Gasteiger partial charge in [0.15, 0.2) is 0 Å². The summed E-state index contributed by atoms with van der Waals surface area (Å²) >= 11 is 0. The van der Waals surface area contributed by atoms with E-state index < -0.39 is 0 Å². The summed E-state index contributed by atoms with van der Waals surface area (Å²) in [6.07, 6.45) is 4.65. The molecule has 0 fully saturated rings. The topological polar surface area (TPSA) is 35.2 Å². The van der Waals surface area contributed by atoms with Crippen molar-refractivity contribution in [2.24, 2.45) is 5.73 Å². The van der Waals surface area contributed by atoms with Crippen molar-refractivity contribution in [1.82, 2.24) is 0 Å². The molecule has 2 N–H and O–H groups in total. The molecule has 0 aliphatic carbocycles. The van der Waals surface area contributed by atoms with Crippen LogP contribution in [0.2, 0.25) is 0 Å². The number of benzene rings is 2. The molecule has 3 heteroatoms. The van der Waals surface area contributed by atoms with Gasteiger partial charge in [0.2, 0.25) is 0 Å². The maximum absolute atomic E-state index is 6.45. The highest BCUT2D eigenvalue weighted by Crippen LogP contribution is 2.34. The Kier molecular flexibility index (Phi) is 7.55. The molecule has 21 heavy (non-hydrogen) atoms. The second kappa shape index (κ2) is 8.91. The minimum atomic E-state index is 0. The highest BCUT2D eigenvalue weighted by molar-refractivity contribution is 5.88. The van der Waals surface area contributed by atoms with Gasteiger partial charge in [-0.2, -0.15) is 0 Å². The molecular weight excluding hydrogens is 282 g/mol. The van der Waals surface area contributed by atoms with E-state index in [2.05, 4.69) is 43.3 Å². The van der Waals surface area contributed by atoms with E-state index >= 15 is 0 Å². The molecule has 2 aromatic rings. The third-order valence-electron chi connectivity index (χ3n) is 3.72. The highest BCUT2D eigenvalue weighted by atomic mass is 35.5. The van der Waals surface area contributed by atoms with Gasteiger partial charge >= 0.3 is 0 Å². The van der Waals surface area contributed by atoms with Crippen molar-refractivity contribution in [3.8, 4) is 5.75 Å². The molecule has 2 rings (SSSR count). The molecule has 0 unspecified atom stereocenters. The third kappa shape index (κ3) is 4.36. The average molecular weight is 308 g/mol. The number of halogens is 1. The van der Waals surface area contributed by atoms with Crippen LogP contribution in [-0.2, 0) is 0 Å². The second-order valence-electron chi connectivity index (χ2n) is 5.23. The average Bonchev–Trinajstić information content (AvgIpc) is 2.47. The van der Waals surface area contributed by atoms with E-state index in [1.807, 2.05) is 6.92 Å². The van der Waals surface area contributed by atoms with Crippen LogP contribution in [0.4, 0.5) is 0 Å². The van der Waals surface area contributed by atoms with Gasteiger partial charge in [-0.1, -0.05) is 56.5 Å². The standard InChI is InChI=1S/C18H25NO.ClH/c1-3-5-6-11-16(19)18-15-10-8-7-9-14(15)12-13-17(18)20-4-2;/h7-10,12-13,16H,3-6,11,19H2,1-2H3;1H/t16-;/m0./s1. The van der Waals surface area contributed by atoms with Gasteiger partial charge in [-0.25, -0.2) is 0 Å². The van der Waals surface area contributed by atoms with Crippen LogP contribution in [-0.4, -0.2) is 6.61 Å². The molecule has 116 valence electrons. The van der Waals surface area contributed by atoms with Crippen molar-refractivity contribution >= 4 is 23.2 Å². The van der Waals surface area contributed by atoms with Crippen molar-refractivity contribution in [3.63, 3.8) is 0 Å². The van der Waals surface area contributed by atoms with Crippen molar-refractivity contribution in [2.45, 2.75) is 45.6 Å². The first kappa shape index (κ1) is 17.8. The van der Waals surface area contributed by atoms with E-state index in [0.717, 1.165) is 12.2 Å². The maximum atomic E-state index is 6.45. The Bertz CT molecular complexity index is 556. The minimum Gasteiger partial charge on any atom is -0.494 e. The number of ether oxygens (including phenoxy) is 1. The fourth-order valence-electron chi connectivity index (χ4n) is 2.70. The van der Waals surface area contributed by atoms with Gasteiger partial charge < -0.3 is 10.5 Å². The largest absolute Gasteiger partial charge is 0.494 e. The van der Waals surface area contributed by atoms with E-state index in [1.165, 1.54) is 35.6 Å². The van der Waals surface area contributed by atoms with E-state index in [9.17, 15) is 0 Å². The molecule has 0 radical (unpaired) electrons. The lowest BCUT2D eigenvalue weighted by Gasteiger charge is -2.19. The fraction of sp³-hybridized carbons (Fsp3) is 0.444. The molecule has 0 aliphatic heterocycles. The number of fused-ring (bicyclic) bond motifs is 1. The molecule has 1 atom stereocenters. The van der Waals surface area contributed by atoms with Crippen molar-refractivity contribution in [3.05, 3.63) is 42.0 Å². The number of unbranched alkanes of at least 4 members (excludes halogenated alkanes) is 2. The highest BCUT2D eigenvalue weighted by Gasteiger charge is 2.15. The lowest BCUT2D eigenvalue weighted by Crippen LogP contribution is -2.13. The van der Waals surface area contributed by atoms with Gasteiger partial charge in [0, 0.05) is 11.6 Å². The zero-order valence-corrected chi connectivity index (χ0v) is 13.8. The predicted octanol–water partition coefficient (Wildman–Crippen LogP) is 5.24. The quantitative estimate of drug-likeness (QED) is 0.710. The normalized spacial score (nSPS) is 12.0. The number of hydrogen-bond acceptors (Lipinski definition) is 2. The first-order valence-electron chi connectivity index (χ1n) is 7.68. The van der Waals surface area contributed by atoms with Crippen molar-refractivity contribution < 1.29 is 4.74 Å². The van der Waals surface area contributed by atoms with Crippen LogP contribution in [0.1, 0.15) is 51.1 Å². The zero-order chi connectivity index (χ0) is 14.4. The Morgan fingerprint density at radius 2 is 1.81 bits per heavy atom. The number of hydrogen-bond donors (Lipinski definition) is 1.